The SMILES string of the molecule is O=[N+]([O-])c1cc(C#Cc2c(F)c(F)c(F)c(F)c2F)ccc1C#Cc1ccncc1. The normalized spacial score (nSPS) is 9.90. The number of hydrogen-bond acceptors (Lipinski definition) is 3. The van der Waals surface area contributed by atoms with Crippen molar-refractivity contribution in [3.8, 4) is 23.7 Å². The number of pyridine rings is 1. The van der Waals surface area contributed by atoms with Gasteiger partial charge in [0, 0.05) is 29.6 Å². The van der Waals surface area contributed by atoms with Gasteiger partial charge >= 0.3 is 0 Å². The molecule has 2 aromatic carbocycles. The molecule has 0 fully saturated rings. The number of benzene rings is 2. The Labute approximate surface area is 166 Å². The van der Waals surface area contributed by atoms with E-state index in [1.54, 1.807) is 12.1 Å². The third-order valence-electron chi connectivity index (χ3n) is 3.76. The van der Waals surface area contributed by atoms with Gasteiger partial charge in [-0.1, -0.05) is 23.7 Å². The molecule has 1 aromatic heterocycles. The molecule has 0 aliphatic carbocycles. The molecule has 0 aliphatic rings. The number of nitro groups is 1. The van der Waals surface area contributed by atoms with Crippen LogP contribution in [0.2, 0.25) is 0 Å². The van der Waals surface area contributed by atoms with Crippen LogP contribution in [0, 0.1) is 62.9 Å². The molecule has 0 amide bonds. The van der Waals surface area contributed by atoms with Crippen LogP contribution < -0.4 is 0 Å². The van der Waals surface area contributed by atoms with Crippen LogP contribution in [0.25, 0.3) is 0 Å². The van der Waals surface area contributed by atoms with E-state index in [0.29, 0.717) is 5.56 Å². The van der Waals surface area contributed by atoms with Gasteiger partial charge in [-0.2, -0.15) is 0 Å². The number of halogens is 5. The number of hydrogen-bond donors (Lipinski definition) is 0. The quantitative estimate of drug-likeness (QED) is 0.147. The van der Waals surface area contributed by atoms with Crippen molar-refractivity contribution in [3.63, 3.8) is 0 Å². The summed E-state index contributed by atoms with van der Waals surface area (Å²) in [6.45, 7) is 0. The first-order chi connectivity index (χ1) is 14.3. The van der Waals surface area contributed by atoms with Gasteiger partial charge in [0.05, 0.1) is 4.92 Å². The molecule has 0 atom stereocenters. The van der Waals surface area contributed by atoms with Gasteiger partial charge < -0.3 is 0 Å². The molecule has 0 spiro atoms. The summed E-state index contributed by atoms with van der Waals surface area (Å²) >= 11 is 0. The predicted molar refractivity (Wildman–Crippen MR) is 95.5 cm³/mol. The van der Waals surface area contributed by atoms with Crippen molar-refractivity contribution in [2.75, 3.05) is 0 Å². The first kappa shape index (κ1) is 20.5. The van der Waals surface area contributed by atoms with Crippen molar-refractivity contribution >= 4 is 5.69 Å². The topological polar surface area (TPSA) is 56.0 Å². The van der Waals surface area contributed by atoms with E-state index in [1.165, 1.54) is 24.5 Å². The number of nitro benzene ring substituents is 1. The van der Waals surface area contributed by atoms with Gasteiger partial charge in [-0.25, -0.2) is 22.0 Å². The van der Waals surface area contributed by atoms with Crippen molar-refractivity contribution in [3.05, 3.63) is 104 Å². The molecular formula is C21H7F5N2O2. The Morgan fingerprint density at radius 3 is 1.90 bits per heavy atom. The molecular weight excluding hydrogens is 407 g/mol. The van der Waals surface area contributed by atoms with E-state index < -0.39 is 45.3 Å². The van der Waals surface area contributed by atoms with Gasteiger partial charge in [0.1, 0.15) is 11.1 Å². The van der Waals surface area contributed by atoms with Crippen LogP contribution in [0.4, 0.5) is 27.6 Å². The molecule has 3 rings (SSSR count). The monoisotopic (exact) mass is 414 g/mol. The fraction of sp³-hybridized carbons (Fsp3) is 0. The molecule has 0 saturated heterocycles. The fourth-order valence-electron chi connectivity index (χ4n) is 2.29. The summed E-state index contributed by atoms with van der Waals surface area (Å²) in [5.74, 6) is -1.40. The van der Waals surface area contributed by atoms with Crippen molar-refractivity contribution in [2.24, 2.45) is 0 Å². The second kappa shape index (κ2) is 8.41. The van der Waals surface area contributed by atoms with Gasteiger partial charge in [-0.15, -0.1) is 0 Å². The number of nitrogens with zero attached hydrogens (tertiary/aromatic N) is 2. The lowest BCUT2D eigenvalue weighted by atomic mass is 10.1. The van der Waals surface area contributed by atoms with Gasteiger partial charge in [-0.05, 0) is 24.3 Å². The van der Waals surface area contributed by atoms with Crippen LogP contribution >= 0.6 is 0 Å². The van der Waals surface area contributed by atoms with Crippen molar-refractivity contribution in [2.45, 2.75) is 0 Å². The van der Waals surface area contributed by atoms with Crippen LogP contribution in [0.3, 0.4) is 0 Å². The third kappa shape index (κ3) is 4.10. The Morgan fingerprint density at radius 2 is 1.30 bits per heavy atom. The minimum absolute atomic E-state index is 0.0404. The zero-order chi connectivity index (χ0) is 21.8. The van der Waals surface area contributed by atoms with Crippen LogP contribution in [0.15, 0.2) is 42.7 Å². The molecule has 1 heterocycles. The van der Waals surface area contributed by atoms with Crippen LogP contribution in [0.1, 0.15) is 22.3 Å². The summed E-state index contributed by atoms with van der Waals surface area (Å²) in [6.07, 6.45) is 2.99. The number of aromatic nitrogens is 1. The van der Waals surface area contributed by atoms with Crippen molar-refractivity contribution < 1.29 is 26.9 Å². The third-order valence-corrected chi connectivity index (χ3v) is 3.76. The summed E-state index contributed by atoms with van der Waals surface area (Å²) in [5, 5.41) is 11.3. The predicted octanol–water partition coefficient (Wildman–Crippen LogP) is 4.48. The lowest BCUT2D eigenvalue weighted by molar-refractivity contribution is -0.385. The summed E-state index contributed by atoms with van der Waals surface area (Å²) in [6, 6.07) is 6.71. The average molecular weight is 414 g/mol. The van der Waals surface area contributed by atoms with Crippen LogP contribution in [0.5, 0.6) is 0 Å². The smallest absolute Gasteiger partial charge is 0.265 e. The van der Waals surface area contributed by atoms with E-state index in [1.807, 2.05) is 5.92 Å². The molecule has 3 aromatic rings. The van der Waals surface area contributed by atoms with Gasteiger partial charge in [0.15, 0.2) is 23.3 Å². The fourth-order valence-corrected chi connectivity index (χ4v) is 2.29. The lowest BCUT2D eigenvalue weighted by Crippen LogP contribution is -2.04. The maximum atomic E-state index is 13.7. The van der Waals surface area contributed by atoms with Crippen molar-refractivity contribution in [1.82, 2.24) is 4.98 Å². The maximum Gasteiger partial charge on any atom is 0.286 e. The van der Waals surface area contributed by atoms with E-state index in [-0.39, 0.29) is 11.1 Å². The molecule has 0 unspecified atom stereocenters. The van der Waals surface area contributed by atoms with E-state index in [2.05, 4.69) is 22.7 Å². The highest BCUT2D eigenvalue weighted by molar-refractivity contribution is 5.58. The van der Waals surface area contributed by atoms with E-state index in [0.717, 1.165) is 6.07 Å². The van der Waals surface area contributed by atoms with Gasteiger partial charge in [0.2, 0.25) is 5.82 Å². The lowest BCUT2D eigenvalue weighted by Gasteiger charge is -2.02. The molecule has 4 nitrogen and oxygen atoms in total. The highest BCUT2D eigenvalue weighted by Crippen LogP contribution is 2.23. The Morgan fingerprint density at radius 1 is 0.733 bits per heavy atom. The van der Waals surface area contributed by atoms with Crippen molar-refractivity contribution in [1.29, 1.82) is 0 Å². The highest BCUT2D eigenvalue weighted by Gasteiger charge is 2.24. The zero-order valence-electron chi connectivity index (χ0n) is 14.6. The first-order valence-electron chi connectivity index (χ1n) is 8.03. The number of rotatable bonds is 1. The van der Waals surface area contributed by atoms with Crippen LogP contribution in [-0.2, 0) is 0 Å². The van der Waals surface area contributed by atoms with Gasteiger partial charge in [0.25, 0.3) is 5.69 Å². The second-order valence-electron chi connectivity index (χ2n) is 5.67. The Bertz CT molecular complexity index is 1260. The average Bonchev–Trinajstić information content (AvgIpc) is 2.75. The summed E-state index contributed by atoms with van der Waals surface area (Å²) in [7, 11) is 0. The molecule has 0 bridgehead atoms. The highest BCUT2D eigenvalue weighted by atomic mass is 19.2. The molecule has 0 N–H and O–H groups in total. The van der Waals surface area contributed by atoms with E-state index in [9.17, 15) is 32.1 Å². The van der Waals surface area contributed by atoms with E-state index in [4.69, 9.17) is 0 Å². The summed E-state index contributed by atoms with van der Waals surface area (Å²) in [4.78, 5) is 14.4. The zero-order valence-corrected chi connectivity index (χ0v) is 14.6. The summed E-state index contributed by atoms with van der Waals surface area (Å²) < 4.78 is 66.9. The standard InChI is InChI=1S/C21H7F5N2O2/c22-17-15(18(23)20(25)21(26)19(17)24)6-3-13-2-5-14(16(11-13)28(29)30)4-1-12-7-9-27-10-8-12/h2,5,7-11H. The molecule has 9 heteroatoms. The Hall–Kier alpha value is -4.24. The minimum Gasteiger partial charge on any atom is -0.265 e. The molecule has 30 heavy (non-hydrogen) atoms. The minimum atomic E-state index is -2.30. The molecule has 0 aliphatic heterocycles. The van der Waals surface area contributed by atoms with Crippen LogP contribution in [-0.4, -0.2) is 9.91 Å². The largest absolute Gasteiger partial charge is 0.286 e. The molecule has 0 saturated carbocycles. The second-order valence-corrected chi connectivity index (χ2v) is 5.67. The molecule has 148 valence electrons. The first-order valence-corrected chi connectivity index (χ1v) is 8.03. The Kier molecular flexibility index (Phi) is 5.75. The Balaban J connectivity index is 2.03. The van der Waals surface area contributed by atoms with E-state index >= 15 is 0 Å². The summed E-state index contributed by atoms with van der Waals surface area (Å²) in [5.41, 5.74) is -1.26. The maximum absolute atomic E-state index is 13.7. The van der Waals surface area contributed by atoms with Gasteiger partial charge in [-0.3, -0.25) is 15.1 Å². The molecule has 0 radical (unpaired) electrons.